The fraction of sp³-hybridized carbons (Fsp3) is 0.429. The molecule has 2 N–H and O–H groups in total. The lowest BCUT2D eigenvalue weighted by Crippen LogP contribution is -2.05. The van der Waals surface area contributed by atoms with Crippen molar-refractivity contribution in [3.05, 3.63) is 23.7 Å². The second-order valence-electron chi connectivity index (χ2n) is 2.25. The van der Waals surface area contributed by atoms with Gasteiger partial charge in [0, 0.05) is 0 Å². The molecule has 0 aliphatic rings. The Kier molecular flexibility index (Phi) is 2.09. The van der Waals surface area contributed by atoms with Crippen LogP contribution in [-0.4, -0.2) is 0 Å². The van der Waals surface area contributed by atoms with Crippen LogP contribution >= 0.6 is 0 Å². The SMILES string of the molecule is Cc1ccoc1C(C)ON. The molecule has 0 saturated carbocycles. The summed E-state index contributed by atoms with van der Waals surface area (Å²) in [6, 6.07) is 1.88. The molecular formula is C7H11NO2. The molecule has 3 heteroatoms. The van der Waals surface area contributed by atoms with Gasteiger partial charge in [-0.1, -0.05) is 0 Å². The third kappa shape index (κ3) is 1.20. The van der Waals surface area contributed by atoms with E-state index in [-0.39, 0.29) is 6.10 Å². The predicted octanol–water partition coefficient (Wildman–Crippen LogP) is 1.54. The van der Waals surface area contributed by atoms with Crippen molar-refractivity contribution in [2.75, 3.05) is 0 Å². The van der Waals surface area contributed by atoms with E-state index < -0.39 is 0 Å². The van der Waals surface area contributed by atoms with Crippen molar-refractivity contribution < 1.29 is 9.25 Å². The number of aryl methyl sites for hydroxylation is 1. The van der Waals surface area contributed by atoms with Crippen molar-refractivity contribution >= 4 is 0 Å². The number of rotatable bonds is 2. The summed E-state index contributed by atoms with van der Waals surface area (Å²) < 4.78 is 5.11. The van der Waals surface area contributed by atoms with E-state index in [0.717, 1.165) is 11.3 Å². The average Bonchev–Trinajstić information content (AvgIpc) is 2.34. The molecule has 0 radical (unpaired) electrons. The Labute approximate surface area is 59.7 Å². The van der Waals surface area contributed by atoms with E-state index in [4.69, 9.17) is 10.3 Å². The van der Waals surface area contributed by atoms with Gasteiger partial charge in [-0.05, 0) is 25.5 Å². The highest BCUT2D eigenvalue weighted by Crippen LogP contribution is 2.19. The van der Waals surface area contributed by atoms with Gasteiger partial charge in [0.05, 0.1) is 6.26 Å². The molecule has 1 heterocycles. The van der Waals surface area contributed by atoms with Crippen molar-refractivity contribution in [3.63, 3.8) is 0 Å². The molecule has 10 heavy (non-hydrogen) atoms. The minimum absolute atomic E-state index is 0.157. The Morgan fingerprint density at radius 3 is 2.80 bits per heavy atom. The van der Waals surface area contributed by atoms with Crippen LogP contribution < -0.4 is 5.90 Å². The van der Waals surface area contributed by atoms with Crippen molar-refractivity contribution in [1.29, 1.82) is 0 Å². The first-order valence-electron chi connectivity index (χ1n) is 3.15. The zero-order valence-electron chi connectivity index (χ0n) is 6.13. The molecule has 3 nitrogen and oxygen atoms in total. The second-order valence-corrected chi connectivity index (χ2v) is 2.25. The van der Waals surface area contributed by atoms with Gasteiger partial charge in [-0.25, -0.2) is 5.90 Å². The van der Waals surface area contributed by atoms with Crippen LogP contribution in [0.25, 0.3) is 0 Å². The van der Waals surface area contributed by atoms with Gasteiger partial charge < -0.3 is 4.42 Å². The van der Waals surface area contributed by atoms with Crippen LogP contribution in [0.4, 0.5) is 0 Å². The first-order chi connectivity index (χ1) is 4.75. The summed E-state index contributed by atoms with van der Waals surface area (Å²) in [4.78, 5) is 4.58. The molecule has 0 aliphatic heterocycles. The molecule has 1 aromatic rings. The summed E-state index contributed by atoms with van der Waals surface area (Å²) in [6.07, 6.45) is 1.47. The van der Waals surface area contributed by atoms with Crippen molar-refractivity contribution in [1.82, 2.24) is 0 Å². The molecule has 0 amide bonds. The normalized spacial score (nSPS) is 13.5. The molecule has 0 bridgehead atoms. The van der Waals surface area contributed by atoms with E-state index in [9.17, 15) is 0 Å². The average molecular weight is 141 g/mol. The van der Waals surface area contributed by atoms with Crippen molar-refractivity contribution in [2.45, 2.75) is 20.0 Å². The van der Waals surface area contributed by atoms with Gasteiger partial charge in [0.2, 0.25) is 0 Å². The lowest BCUT2D eigenvalue weighted by molar-refractivity contribution is 0.0503. The van der Waals surface area contributed by atoms with Crippen LogP contribution in [-0.2, 0) is 4.84 Å². The molecule has 0 aliphatic carbocycles. The first-order valence-corrected chi connectivity index (χ1v) is 3.15. The summed E-state index contributed by atoms with van der Waals surface area (Å²) in [7, 11) is 0. The Balaban J connectivity index is 2.82. The zero-order valence-corrected chi connectivity index (χ0v) is 6.13. The van der Waals surface area contributed by atoms with Crippen LogP contribution in [0.2, 0.25) is 0 Å². The van der Waals surface area contributed by atoms with E-state index in [0.29, 0.717) is 0 Å². The molecule has 1 rings (SSSR count). The fourth-order valence-electron chi connectivity index (χ4n) is 0.863. The monoisotopic (exact) mass is 141 g/mol. The Morgan fingerprint density at radius 2 is 2.40 bits per heavy atom. The largest absolute Gasteiger partial charge is 0.466 e. The molecule has 1 aromatic heterocycles. The Bertz CT molecular complexity index is 207. The molecule has 1 unspecified atom stereocenters. The molecule has 0 fully saturated rings. The van der Waals surface area contributed by atoms with E-state index in [1.165, 1.54) is 0 Å². The maximum absolute atomic E-state index is 5.11. The van der Waals surface area contributed by atoms with Gasteiger partial charge in [0.1, 0.15) is 11.9 Å². The number of furan rings is 1. The molecule has 1 atom stereocenters. The van der Waals surface area contributed by atoms with Gasteiger partial charge in [-0.2, -0.15) is 0 Å². The highest BCUT2D eigenvalue weighted by Gasteiger charge is 2.10. The summed E-state index contributed by atoms with van der Waals surface area (Å²) in [6.45, 7) is 3.79. The highest BCUT2D eigenvalue weighted by atomic mass is 16.6. The summed E-state index contributed by atoms with van der Waals surface area (Å²) in [5.41, 5.74) is 1.07. The van der Waals surface area contributed by atoms with Crippen LogP contribution in [0.1, 0.15) is 24.4 Å². The smallest absolute Gasteiger partial charge is 0.137 e. The van der Waals surface area contributed by atoms with Crippen molar-refractivity contribution in [2.24, 2.45) is 5.90 Å². The molecular weight excluding hydrogens is 130 g/mol. The van der Waals surface area contributed by atoms with Crippen LogP contribution in [0.15, 0.2) is 16.7 Å². The summed E-state index contributed by atoms with van der Waals surface area (Å²) >= 11 is 0. The van der Waals surface area contributed by atoms with Gasteiger partial charge in [-0.15, -0.1) is 0 Å². The lowest BCUT2D eigenvalue weighted by atomic mass is 10.2. The molecule has 0 aromatic carbocycles. The third-order valence-corrected chi connectivity index (χ3v) is 1.48. The van der Waals surface area contributed by atoms with Gasteiger partial charge >= 0.3 is 0 Å². The molecule has 56 valence electrons. The minimum Gasteiger partial charge on any atom is -0.466 e. The fourth-order valence-corrected chi connectivity index (χ4v) is 0.863. The van der Waals surface area contributed by atoms with Crippen LogP contribution in [0.3, 0.4) is 0 Å². The predicted molar refractivity (Wildman–Crippen MR) is 37.1 cm³/mol. The van der Waals surface area contributed by atoms with E-state index in [1.807, 2.05) is 19.9 Å². The Hall–Kier alpha value is -0.800. The topological polar surface area (TPSA) is 48.4 Å². The minimum atomic E-state index is -0.157. The van der Waals surface area contributed by atoms with Gasteiger partial charge in [0.15, 0.2) is 0 Å². The van der Waals surface area contributed by atoms with E-state index in [2.05, 4.69) is 4.84 Å². The van der Waals surface area contributed by atoms with E-state index in [1.54, 1.807) is 6.26 Å². The molecule has 0 saturated heterocycles. The lowest BCUT2D eigenvalue weighted by Gasteiger charge is -2.04. The van der Waals surface area contributed by atoms with Crippen molar-refractivity contribution in [3.8, 4) is 0 Å². The molecule has 0 spiro atoms. The maximum atomic E-state index is 5.11. The highest BCUT2D eigenvalue weighted by molar-refractivity contribution is 5.16. The van der Waals surface area contributed by atoms with Gasteiger partial charge in [-0.3, -0.25) is 4.84 Å². The number of hydrogen-bond donors (Lipinski definition) is 1. The van der Waals surface area contributed by atoms with Crippen LogP contribution in [0, 0.1) is 6.92 Å². The summed E-state index contributed by atoms with van der Waals surface area (Å²) in [5.74, 6) is 5.77. The first kappa shape index (κ1) is 7.31. The third-order valence-electron chi connectivity index (χ3n) is 1.48. The quantitative estimate of drug-likeness (QED) is 0.635. The zero-order chi connectivity index (χ0) is 7.56. The standard InChI is InChI=1S/C7H11NO2/c1-5-3-4-9-7(5)6(2)10-8/h3-4,6H,8H2,1-2H3. The summed E-state index contributed by atoms with van der Waals surface area (Å²) in [5, 5.41) is 0. The second kappa shape index (κ2) is 2.86. The van der Waals surface area contributed by atoms with Crippen LogP contribution in [0.5, 0.6) is 0 Å². The van der Waals surface area contributed by atoms with Gasteiger partial charge in [0.25, 0.3) is 0 Å². The number of hydrogen-bond acceptors (Lipinski definition) is 3. The Morgan fingerprint density at radius 1 is 1.70 bits per heavy atom. The van der Waals surface area contributed by atoms with E-state index >= 15 is 0 Å². The number of nitrogens with two attached hydrogens (primary N) is 1. The maximum Gasteiger partial charge on any atom is 0.137 e.